The summed E-state index contributed by atoms with van der Waals surface area (Å²) in [6, 6.07) is 11.8. The number of benzene rings is 1. The van der Waals surface area contributed by atoms with Crippen LogP contribution in [0.1, 0.15) is 77.4 Å². The van der Waals surface area contributed by atoms with Gasteiger partial charge in [-0.2, -0.15) is 13.2 Å². The van der Waals surface area contributed by atoms with Crippen LogP contribution in [0.15, 0.2) is 54.7 Å². The first kappa shape index (κ1) is 44.1. The molecule has 16 heteroatoms. The average Bonchev–Trinajstić information content (AvgIpc) is 3.45. The fourth-order valence-corrected chi connectivity index (χ4v) is 7.06. The third kappa shape index (κ3) is 10.7. The lowest BCUT2D eigenvalue weighted by atomic mass is 9.84. The van der Waals surface area contributed by atoms with Crippen molar-refractivity contribution >= 4 is 28.9 Å². The molecule has 1 unspecified atom stereocenters. The van der Waals surface area contributed by atoms with E-state index < -0.39 is 59.9 Å². The largest absolute Gasteiger partial charge is 0.468 e. The molecule has 58 heavy (non-hydrogen) atoms. The van der Waals surface area contributed by atoms with Crippen LogP contribution in [0.5, 0.6) is 0 Å². The van der Waals surface area contributed by atoms with Crippen LogP contribution >= 0.6 is 0 Å². The molecular formula is C42H53F3N6O7. The number of ether oxygens (including phenoxy) is 3. The van der Waals surface area contributed by atoms with Crippen molar-refractivity contribution in [2.45, 2.75) is 104 Å². The molecule has 13 nitrogen and oxygen atoms in total. The zero-order chi connectivity index (χ0) is 42.6. The number of esters is 1. The Morgan fingerprint density at radius 2 is 1.79 bits per heavy atom. The Bertz CT molecular complexity index is 2110. The van der Waals surface area contributed by atoms with Crippen LogP contribution in [-0.4, -0.2) is 93.9 Å². The molecule has 0 bridgehead atoms. The van der Waals surface area contributed by atoms with Crippen molar-refractivity contribution in [3.63, 3.8) is 0 Å². The number of hydrogen-bond donors (Lipinski definition) is 3. The summed E-state index contributed by atoms with van der Waals surface area (Å²) in [7, 11) is 2.77. The summed E-state index contributed by atoms with van der Waals surface area (Å²) >= 11 is 0. The molecular weight excluding hydrogens is 757 g/mol. The molecule has 3 N–H and O–H groups in total. The van der Waals surface area contributed by atoms with Gasteiger partial charge in [-0.25, -0.2) is 10.2 Å². The number of aliphatic hydroxyl groups is 1. The van der Waals surface area contributed by atoms with Gasteiger partial charge >= 0.3 is 18.2 Å². The van der Waals surface area contributed by atoms with Crippen molar-refractivity contribution < 1.29 is 46.9 Å². The van der Waals surface area contributed by atoms with E-state index >= 15 is 0 Å². The zero-order valence-corrected chi connectivity index (χ0v) is 34.2. The number of nitrogens with zero attached hydrogens (tertiary/aromatic N) is 4. The van der Waals surface area contributed by atoms with E-state index in [0.717, 1.165) is 0 Å². The number of halogens is 3. The molecule has 2 amide bonds. The molecule has 4 heterocycles. The topological polar surface area (TPSA) is 157 Å². The van der Waals surface area contributed by atoms with Crippen molar-refractivity contribution in [2.75, 3.05) is 27.4 Å². The molecule has 0 spiro atoms. The number of methoxy groups -OCH3 is 2. The second-order valence-electron chi connectivity index (χ2n) is 16.3. The lowest BCUT2D eigenvalue weighted by molar-refractivity contribution is -0.150. The summed E-state index contributed by atoms with van der Waals surface area (Å²) < 4.78 is 60.4. The first-order chi connectivity index (χ1) is 27.2. The van der Waals surface area contributed by atoms with Crippen LogP contribution in [0.2, 0.25) is 0 Å². The molecule has 314 valence electrons. The lowest BCUT2D eigenvalue weighted by Crippen LogP contribution is -2.60. The Hall–Kier alpha value is -5.06. The Morgan fingerprint density at radius 3 is 2.45 bits per heavy atom. The second-order valence-corrected chi connectivity index (χ2v) is 16.3. The van der Waals surface area contributed by atoms with Crippen LogP contribution in [-0.2, 0) is 43.2 Å². The summed E-state index contributed by atoms with van der Waals surface area (Å²) in [6.45, 7) is 9.36. The van der Waals surface area contributed by atoms with Crippen molar-refractivity contribution in [1.29, 1.82) is 0 Å². The van der Waals surface area contributed by atoms with Gasteiger partial charge in [0, 0.05) is 60.6 Å². The van der Waals surface area contributed by atoms with Crippen LogP contribution in [0.4, 0.5) is 18.0 Å². The molecule has 4 aromatic rings. The van der Waals surface area contributed by atoms with Crippen LogP contribution < -0.4 is 10.7 Å². The van der Waals surface area contributed by atoms with Crippen LogP contribution in [0, 0.1) is 5.41 Å². The monoisotopic (exact) mass is 810 g/mol. The summed E-state index contributed by atoms with van der Waals surface area (Å²) in [4.78, 5) is 48.7. The minimum absolute atomic E-state index is 0.0568. The highest BCUT2D eigenvalue weighted by Crippen LogP contribution is 2.42. The smallest absolute Gasteiger partial charge is 0.408 e. The Labute approximate surface area is 336 Å². The minimum Gasteiger partial charge on any atom is -0.468 e. The van der Waals surface area contributed by atoms with Gasteiger partial charge in [-0.3, -0.25) is 24.6 Å². The molecule has 0 saturated carbocycles. The highest BCUT2D eigenvalue weighted by molar-refractivity contribution is 5.95. The van der Waals surface area contributed by atoms with E-state index in [9.17, 15) is 32.7 Å². The summed E-state index contributed by atoms with van der Waals surface area (Å²) in [5.74, 6) is -1.03. The molecule has 1 fully saturated rings. The standard InChI is InChI=1S/C42H53F3N6O7/c1-25(56-7)35-28(13-10-18-46-35)36-30(22-41(5,6)24-52)29-20-26(16-17-34(29)50(36)23-42(43,44)45)31-14-9-12-27(47-31)21-33(48-39(55)58-40(2,3)4)37(53)51-19-11-15-32(49-51)38(54)57-8/h9-10,12-14,16-18,20,25,32-33,49,52H,11,15,19,21-24H2,1-8H3,(H,48,55)/t25-,32?,33-/m0/s1. The van der Waals surface area contributed by atoms with Gasteiger partial charge in [0.1, 0.15) is 24.2 Å². The number of pyridine rings is 2. The van der Waals surface area contributed by atoms with Gasteiger partial charge in [-0.15, -0.1) is 0 Å². The zero-order valence-electron chi connectivity index (χ0n) is 34.2. The van der Waals surface area contributed by atoms with Crippen molar-refractivity contribution in [3.05, 3.63) is 71.7 Å². The number of alkyl halides is 3. The first-order valence-corrected chi connectivity index (χ1v) is 19.2. The van der Waals surface area contributed by atoms with Crippen LogP contribution in [0.25, 0.3) is 33.4 Å². The SMILES string of the molecule is COC(=O)C1CCCN(C(=O)[C@H](Cc2cccc(-c3ccc4c(c3)c(CC(C)(C)CO)c(-c3cccnc3[C@H](C)OC)n4CC(F)(F)F)n2)NC(=O)OC(C)(C)C)N1. The third-order valence-corrected chi connectivity index (χ3v) is 9.86. The second kappa shape index (κ2) is 17.8. The van der Waals surface area contributed by atoms with Crippen molar-refractivity contribution in [3.8, 4) is 22.5 Å². The summed E-state index contributed by atoms with van der Waals surface area (Å²) in [5.41, 5.74) is 5.06. The van der Waals surface area contributed by atoms with Gasteiger partial charge in [0.05, 0.1) is 30.3 Å². The summed E-state index contributed by atoms with van der Waals surface area (Å²) in [5, 5.41) is 14.9. The molecule has 1 saturated heterocycles. The van der Waals surface area contributed by atoms with E-state index in [2.05, 4.69) is 15.7 Å². The third-order valence-electron chi connectivity index (χ3n) is 9.86. The molecule has 1 aromatic carbocycles. The van der Waals surface area contributed by atoms with Crippen molar-refractivity contribution in [2.24, 2.45) is 5.41 Å². The summed E-state index contributed by atoms with van der Waals surface area (Å²) in [6.07, 6.45) is -3.19. The van der Waals surface area contributed by atoms with Gasteiger partial charge in [-0.05, 0) is 94.3 Å². The predicted octanol–water partition coefficient (Wildman–Crippen LogP) is 6.70. The van der Waals surface area contributed by atoms with E-state index in [-0.39, 0.29) is 26.0 Å². The first-order valence-electron chi connectivity index (χ1n) is 19.2. The van der Waals surface area contributed by atoms with Crippen molar-refractivity contribution in [1.82, 2.24) is 30.3 Å². The van der Waals surface area contributed by atoms with Gasteiger partial charge in [0.25, 0.3) is 5.91 Å². The van der Waals surface area contributed by atoms with E-state index in [1.54, 1.807) is 82.4 Å². The molecule has 5 rings (SSSR count). The minimum atomic E-state index is -4.57. The molecule has 3 atom stereocenters. The Morgan fingerprint density at radius 1 is 1.05 bits per heavy atom. The predicted molar refractivity (Wildman–Crippen MR) is 211 cm³/mol. The number of carbonyl (C=O) groups is 3. The number of amides is 2. The lowest BCUT2D eigenvalue weighted by Gasteiger charge is -2.35. The van der Waals surface area contributed by atoms with Crippen LogP contribution in [0.3, 0.4) is 0 Å². The molecule has 1 aliphatic rings. The average molecular weight is 811 g/mol. The van der Waals surface area contributed by atoms with Gasteiger partial charge in [0.2, 0.25) is 0 Å². The number of aromatic nitrogens is 3. The molecule has 0 aliphatic carbocycles. The quantitative estimate of drug-likeness (QED) is 0.124. The van der Waals surface area contributed by atoms with E-state index in [1.807, 2.05) is 13.8 Å². The molecule has 3 aromatic heterocycles. The van der Waals surface area contributed by atoms with Gasteiger partial charge in [-0.1, -0.05) is 26.0 Å². The number of rotatable bonds is 13. The maximum absolute atomic E-state index is 14.4. The maximum Gasteiger partial charge on any atom is 0.408 e. The van der Waals surface area contributed by atoms with E-state index in [1.165, 1.54) is 23.8 Å². The fraction of sp³-hybridized carbons (Fsp3) is 0.500. The number of hydrazine groups is 1. The number of carbonyl (C=O) groups excluding carboxylic acids is 3. The van der Waals surface area contributed by atoms with E-state index in [4.69, 9.17) is 19.2 Å². The number of alkyl carbamates (subject to hydrolysis) is 1. The highest BCUT2D eigenvalue weighted by Gasteiger charge is 2.36. The number of fused-ring (bicyclic) bond motifs is 1. The van der Waals surface area contributed by atoms with Gasteiger partial charge in [0.15, 0.2) is 0 Å². The van der Waals surface area contributed by atoms with E-state index in [0.29, 0.717) is 63.2 Å². The Balaban J connectivity index is 1.61. The maximum atomic E-state index is 14.4. The number of aliphatic hydroxyl groups excluding tert-OH is 1. The molecule has 1 aliphatic heterocycles. The highest BCUT2D eigenvalue weighted by atomic mass is 19.4. The Kier molecular flexibility index (Phi) is 13.5. The number of hydrogen-bond acceptors (Lipinski definition) is 10. The molecule has 0 radical (unpaired) electrons. The fourth-order valence-electron chi connectivity index (χ4n) is 7.06. The van der Waals surface area contributed by atoms with Gasteiger partial charge < -0.3 is 29.2 Å². The normalized spacial score (nSPS) is 16.2. The number of nitrogens with one attached hydrogen (secondary N) is 2.